The summed E-state index contributed by atoms with van der Waals surface area (Å²) in [7, 11) is 0. The van der Waals surface area contributed by atoms with Crippen molar-refractivity contribution in [3.05, 3.63) is 41.5 Å². The number of benzene rings is 1. The molecule has 1 saturated heterocycles. The number of carbonyl (C=O) groups excluding carboxylic acids is 1. The summed E-state index contributed by atoms with van der Waals surface area (Å²) in [6, 6.07) is 6.75. The van der Waals surface area contributed by atoms with Gasteiger partial charge in [0.2, 0.25) is 11.7 Å². The molecule has 1 unspecified atom stereocenters. The van der Waals surface area contributed by atoms with E-state index in [1.165, 1.54) is 0 Å². The molecule has 0 spiro atoms. The van der Waals surface area contributed by atoms with Crippen LogP contribution in [-0.2, 0) is 17.8 Å². The van der Waals surface area contributed by atoms with Crippen molar-refractivity contribution in [3.63, 3.8) is 0 Å². The molecule has 138 valence electrons. The van der Waals surface area contributed by atoms with Crippen molar-refractivity contribution in [2.45, 2.75) is 32.8 Å². The fraction of sp³-hybridized carbons (Fsp3) is 0.444. The van der Waals surface area contributed by atoms with Crippen molar-refractivity contribution in [1.82, 2.24) is 15.0 Å². The van der Waals surface area contributed by atoms with E-state index in [0.29, 0.717) is 48.8 Å². The zero-order valence-corrected chi connectivity index (χ0v) is 14.6. The number of aliphatic carboxylic acids is 1. The number of hydrogen-bond acceptors (Lipinski definition) is 6. The van der Waals surface area contributed by atoms with Crippen LogP contribution < -0.4 is 4.74 Å². The van der Waals surface area contributed by atoms with Gasteiger partial charge in [0.25, 0.3) is 5.91 Å². The smallest absolute Gasteiger partial charge is 0.308 e. The first-order valence-corrected chi connectivity index (χ1v) is 8.63. The Morgan fingerprint density at radius 1 is 1.35 bits per heavy atom. The molecule has 1 aromatic carbocycles. The van der Waals surface area contributed by atoms with E-state index >= 15 is 0 Å². The van der Waals surface area contributed by atoms with Crippen molar-refractivity contribution in [2.24, 2.45) is 5.92 Å². The largest absolute Gasteiger partial charge is 0.485 e. The summed E-state index contributed by atoms with van der Waals surface area (Å²) in [6.45, 7) is 2.95. The molecule has 8 heteroatoms. The van der Waals surface area contributed by atoms with Crippen LogP contribution in [0.3, 0.4) is 0 Å². The number of amides is 1. The van der Waals surface area contributed by atoms with E-state index in [4.69, 9.17) is 14.4 Å². The summed E-state index contributed by atoms with van der Waals surface area (Å²) in [6.07, 6.45) is 1.99. The van der Waals surface area contributed by atoms with Crippen molar-refractivity contribution < 1.29 is 24.0 Å². The molecule has 1 amide bonds. The van der Waals surface area contributed by atoms with Gasteiger partial charge < -0.3 is 19.3 Å². The lowest BCUT2D eigenvalue weighted by molar-refractivity contribution is -0.143. The SMILES string of the molecule is CCc1nc(COc2ccc(C(=O)N3CCCC(C(=O)O)C3)cc2)no1. The van der Waals surface area contributed by atoms with Gasteiger partial charge in [-0.2, -0.15) is 4.98 Å². The predicted molar refractivity (Wildman–Crippen MR) is 90.7 cm³/mol. The number of aryl methyl sites for hydroxylation is 1. The Labute approximate surface area is 150 Å². The maximum atomic E-state index is 12.6. The van der Waals surface area contributed by atoms with E-state index in [0.717, 1.165) is 0 Å². The molecule has 1 aromatic heterocycles. The zero-order valence-electron chi connectivity index (χ0n) is 14.6. The standard InChI is InChI=1S/C18H21N3O5/c1-2-16-19-15(20-26-16)11-25-14-7-5-12(6-8-14)17(22)21-9-3-4-13(10-21)18(23)24/h5-8,13H,2-4,9-11H2,1H3,(H,23,24). The molecule has 2 heterocycles. The summed E-state index contributed by atoms with van der Waals surface area (Å²) in [5, 5.41) is 13.0. The van der Waals surface area contributed by atoms with E-state index in [-0.39, 0.29) is 19.1 Å². The topological polar surface area (TPSA) is 106 Å². The number of nitrogens with zero attached hydrogens (tertiary/aromatic N) is 3. The van der Waals surface area contributed by atoms with E-state index in [1.807, 2.05) is 6.92 Å². The molecule has 1 N–H and O–H groups in total. The number of likely N-dealkylation sites (tertiary alicyclic amines) is 1. The van der Waals surface area contributed by atoms with E-state index in [9.17, 15) is 9.59 Å². The van der Waals surface area contributed by atoms with Gasteiger partial charge >= 0.3 is 5.97 Å². The Bertz CT molecular complexity index is 771. The van der Waals surface area contributed by atoms with E-state index < -0.39 is 11.9 Å². The average Bonchev–Trinajstić information content (AvgIpc) is 3.14. The van der Waals surface area contributed by atoms with Gasteiger partial charge in [-0.3, -0.25) is 9.59 Å². The number of carboxylic acids is 1. The van der Waals surface area contributed by atoms with Crippen LogP contribution in [0.5, 0.6) is 5.75 Å². The van der Waals surface area contributed by atoms with Crippen molar-refractivity contribution >= 4 is 11.9 Å². The van der Waals surface area contributed by atoms with Crippen LogP contribution in [0.2, 0.25) is 0 Å². The molecule has 26 heavy (non-hydrogen) atoms. The van der Waals surface area contributed by atoms with Gasteiger partial charge in [-0.05, 0) is 37.1 Å². The molecule has 0 aliphatic carbocycles. The molecular formula is C18H21N3O5. The Morgan fingerprint density at radius 2 is 2.12 bits per heavy atom. The molecular weight excluding hydrogens is 338 g/mol. The predicted octanol–water partition coefficient (Wildman–Crippen LogP) is 2.15. The van der Waals surface area contributed by atoms with Crippen molar-refractivity contribution in [1.29, 1.82) is 0 Å². The normalized spacial score (nSPS) is 17.1. The number of rotatable bonds is 6. The molecule has 2 aromatic rings. The van der Waals surface area contributed by atoms with Crippen LogP contribution in [0.4, 0.5) is 0 Å². The first-order chi connectivity index (χ1) is 12.6. The molecule has 1 fully saturated rings. The monoisotopic (exact) mass is 359 g/mol. The Balaban J connectivity index is 1.58. The molecule has 1 aliphatic rings. The van der Waals surface area contributed by atoms with Crippen LogP contribution >= 0.6 is 0 Å². The summed E-state index contributed by atoms with van der Waals surface area (Å²) in [5.41, 5.74) is 0.510. The third-order valence-electron chi connectivity index (χ3n) is 4.34. The minimum atomic E-state index is -0.848. The quantitative estimate of drug-likeness (QED) is 0.842. The molecule has 0 bridgehead atoms. The van der Waals surface area contributed by atoms with Gasteiger partial charge in [0.05, 0.1) is 5.92 Å². The lowest BCUT2D eigenvalue weighted by atomic mass is 9.97. The van der Waals surface area contributed by atoms with Crippen LogP contribution in [0.25, 0.3) is 0 Å². The first kappa shape index (κ1) is 17.9. The van der Waals surface area contributed by atoms with Gasteiger partial charge in [0, 0.05) is 25.1 Å². The second-order valence-corrected chi connectivity index (χ2v) is 6.20. The number of aromatic nitrogens is 2. The van der Waals surface area contributed by atoms with Crippen LogP contribution in [0, 0.1) is 5.92 Å². The highest BCUT2D eigenvalue weighted by Crippen LogP contribution is 2.20. The highest BCUT2D eigenvalue weighted by Gasteiger charge is 2.28. The van der Waals surface area contributed by atoms with Gasteiger partial charge in [-0.1, -0.05) is 12.1 Å². The molecule has 3 rings (SSSR count). The van der Waals surface area contributed by atoms with Gasteiger partial charge in [-0.25, -0.2) is 0 Å². The first-order valence-electron chi connectivity index (χ1n) is 8.63. The number of hydrogen-bond donors (Lipinski definition) is 1. The fourth-order valence-corrected chi connectivity index (χ4v) is 2.88. The molecule has 1 aliphatic heterocycles. The highest BCUT2D eigenvalue weighted by atomic mass is 16.5. The highest BCUT2D eigenvalue weighted by molar-refractivity contribution is 5.94. The Kier molecular flexibility index (Phi) is 5.50. The third-order valence-corrected chi connectivity index (χ3v) is 4.34. The average molecular weight is 359 g/mol. The lowest BCUT2D eigenvalue weighted by Crippen LogP contribution is -2.42. The van der Waals surface area contributed by atoms with E-state index in [1.54, 1.807) is 29.2 Å². The minimum Gasteiger partial charge on any atom is -0.485 e. The molecule has 0 radical (unpaired) electrons. The van der Waals surface area contributed by atoms with Crippen LogP contribution in [-0.4, -0.2) is 45.1 Å². The van der Waals surface area contributed by atoms with Gasteiger partial charge in [0.15, 0.2) is 6.61 Å². The summed E-state index contributed by atoms with van der Waals surface area (Å²) in [5.74, 6) is 0.123. The number of carbonyl (C=O) groups is 2. The van der Waals surface area contributed by atoms with Crippen molar-refractivity contribution in [3.8, 4) is 5.75 Å². The minimum absolute atomic E-state index is 0.159. The molecule has 0 saturated carbocycles. The zero-order chi connectivity index (χ0) is 18.5. The van der Waals surface area contributed by atoms with Gasteiger partial charge in [0.1, 0.15) is 5.75 Å². The molecule has 8 nitrogen and oxygen atoms in total. The maximum Gasteiger partial charge on any atom is 0.308 e. The Hall–Kier alpha value is -2.90. The second-order valence-electron chi connectivity index (χ2n) is 6.20. The van der Waals surface area contributed by atoms with Gasteiger partial charge in [-0.15, -0.1) is 0 Å². The van der Waals surface area contributed by atoms with Crippen molar-refractivity contribution in [2.75, 3.05) is 13.1 Å². The number of carboxylic acid groups (broad SMARTS) is 1. The maximum absolute atomic E-state index is 12.6. The van der Waals surface area contributed by atoms with E-state index in [2.05, 4.69) is 10.1 Å². The Morgan fingerprint density at radius 3 is 2.77 bits per heavy atom. The second kappa shape index (κ2) is 7.99. The summed E-state index contributed by atoms with van der Waals surface area (Å²) in [4.78, 5) is 29.5. The number of piperidine rings is 1. The van der Waals surface area contributed by atoms with Crippen LogP contribution in [0.15, 0.2) is 28.8 Å². The summed E-state index contributed by atoms with van der Waals surface area (Å²) >= 11 is 0. The lowest BCUT2D eigenvalue weighted by Gasteiger charge is -2.30. The number of ether oxygens (including phenoxy) is 1. The molecule has 1 atom stereocenters. The van der Waals surface area contributed by atoms with Crippen LogP contribution in [0.1, 0.15) is 41.8 Å². The summed E-state index contributed by atoms with van der Waals surface area (Å²) < 4.78 is 10.6. The fourth-order valence-electron chi connectivity index (χ4n) is 2.88. The third kappa shape index (κ3) is 4.19.